The molecule has 4 aliphatic carbocycles. The van der Waals surface area contributed by atoms with Gasteiger partial charge in [0.2, 0.25) is 0 Å². The molecule has 0 saturated heterocycles. The van der Waals surface area contributed by atoms with Crippen molar-refractivity contribution in [2.45, 2.75) is 38.1 Å². The molecule has 0 atom stereocenters. The topological polar surface area (TPSA) is 46.3 Å². The molecule has 4 aliphatic rings. The number of ketones is 1. The third-order valence-electron chi connectivity index (χ3n) is 5.34. The second kappa shape index (κ2) is 4.36. The van der Waals surface area contributed by atoms with E-state index in [0.717, 1.165) is 23.7 Å². The van der Waals surface area contributed by atoms with Crippen molar-refractivity contribution in [1.29, 1.82) is 0 Å². The van der Waals surface area contributed by atoms with Crippen molar-refractivity contribution >= 4 is 5.78 Å². The van der Waals surface area contributed by atoms with Crippen LogP contribution in [-0.4, -0.2) is 36.9 Å². The minimum atomic E-state index is 0.182. The molecule has 0 aromatic carbocycles. The Morgan fingerprint density at radius 3 is 2.12 bits per heavy atom. The molecule has 96 valence electrons. The summed E-state index contributed by atoms with van der Waals surface area (Å²) in [6, 6.07) is 0.665. The number of carbonyl (C=O) groups is 1. The Bertz CT molecular complexity index is 287. The maximum atomic E-state index is 11.5. The van der Waals surface area contributed by atoms with Gasteiger partial charge in [-0.3, -0.25) is 9.69 Å². The van der Waals surface area contributed by atoms with Crippen LogP contribution in [0.1, 0.15) is 32.1 Å². The van der Waals surface area contributed by atoms with Gasteiger partial charge in [0.15, 0.2) is 5.78 Å². The van der Waals surface area contributed by atoms with E-state index in [1.54, 1.807) is 0 Å². The molecule has 4 rings (SSSR count). The van der Waals surface area contributed by atoms with Gasteiger partial charge in [-0.25, -0.2) is 0 Å². The molecule has 3 heteroatoms. The van der Waals surface area contributed by atoms with Gasteiger partial charge >= 0.3 is 0 Å². The normalized spacial score (nSPS) is 43.4. The second-order valence-electron chi connectivity index (χ2n) is 6.58. The lowest BCUT2D eigenvalue weighted by atomic mass is 9.54. The fourth-order valence-electron chi connectivity index (χ4n) is 5.06. The first-order valence-corrected chi connectivity index (χ1v) is 7.09. The number of Topliss-reactive ketones (excluding diaryl/α,β-unsaturated/α-hetero) is 1. The highest BCUT2D eigenvalue weighted by atomic mass is 16.1. The van der Waals surface area contributed by atoms with Crippen molar-refractivity contribution in [2.75, 3.05) is 20.1 Å². The smallest absolute Gasteiger partial charge is 0.160 e. The maximum Gasteiger partial charge on any atom is 0.160 e. The number of likely N-dealkylation sites (N-methyl/N-ethyl adjacent to an activating group) is 1. The van der Waals surface area contributed by atoms with Crippen LogP contribution in [0.5, 0.6) is 0 Å². The predicted molar refractivity (Wildman–Crippen MR) is 67.5 cm³/mol. The highest BCUT2D eigenvalue weighted by Gasteiger charge is 2.49. The van der Waals surface area contributed by atoms with Gasteiger partial charge < -0.3 is 5.73 Å². The summed E-state index contributed by atoms with van der Waals surface area (Å²) in [6.45, 7) is 0.751. The lowest BCUT2D eigenvalue weighted by Gasteiger charge is -2.56. The highest BCUT2D eigenvalue weighted by molar-refractivity contribution is 5.82. The van der Waals surface area contributed by atoms with Crippen LogP contribution in [0.25, 0.3) is 0 Å². The first-order chi connectivity index (χ1) is 8.17. The zero-order valence-corrected chi connectivity index (χ0v) is 10.8. The number of nitrogens with zero attached hydrogens (tertiary/aromatic N) is 1. The van der Waals surface area contributed by atoms with Gasteiger partial charge in [-0.1, -0.05) is 0 Å². The Labute approximate surface area is 104 Å². The zero-order valence-electron chi connectivity index (χ0n) is 10.8. The standard InChI is InChI=1S/C14H24N2O/c1-16(8-13(17)7-15)14-11-3-9-2-10(5-11)6-12(14)4-9/h9-12,14H,2-8,15H2,1H3. The molecule has 2 N–H and O–H groups in total. The summed E-state index contributed by atoms with van der Waals surface area (Å²) in [6.07, 6.45) is 7.15. The molecule has 4 fully saturated rings. The molecule has 0 aromatic rings. The number of carbonyl (C=O) groups excluding carboxylic acids is 1. The summed E-state index contributed by atoms with van der Waals surface area (Å²) in [5.41, 5.74) is 5.42. The van der Waals surface area contributed by atoms with Gasteiger partial charge in [0.1, 0.15) is 0 Å². The summed E-state index contributed by atoms with van der Waals surface area (Å²) >= 11 is 0. The summed E-state index contributed by atoms with van der Waals surface area (Å²) in [4.78, 5) is 13.8. The van der Waals surface area contributed by atoms with Crippen molar-refractivity contribution in [2.24, 2.45) is 29.4 Å². The fraction of sp³-hybridized carbons (Fsp3) is 0.929. The largest absolute Gasteiger partial charge is 0.324 e. The minimum absolute atomic E-state index is 0.182. The molecule has 0 unspecified atom stereocenters. The molecule has 3 nitrogen and oxygen atoms in total. The van der Waals surface area contributed by atoms with Gasteiger partial charge in [-0.15, -0.1) is 0 Å². The van der Waals surface area contributed by atoms with Crippen LogP contribution in [-0.2, 0) is 4.79 Å². The summed E-state index contributed by atoms with van der Waals surface area (Å²) in [5, 5.41) is 0. The van der Waals surface area contributed by atoms with E-state index in [-0.39, 0.29) is 12.3 Å². The van der Waals surface area contributed by atoms with Gasteiger partial charge in [-0.05, 0) is 62.8 Å². The van der Waals surface area contributed by atoms with Crippen molar-refractivity contribution in [1.82, 2.24) is 4.90 Å². The predicted octanol–water partition coefficient (Wildman–Crippen LogP) is 1.27. The number of rotatable bonds is 4. The molecule has 0 spiro atoms. The third kappa shape index (κ3) is 2.04. The lowest BCUT2D eigenvalue weighted by Crippen LogP contribution is -2.56. The summed E-state index contributed by atoms with van der Waals surface area (Å²) < 4.78 is 0. The van der Waals surface area contributed by atoms with Crippen LogP contribution >= 0.6 is 0 Å². The van der Waals surface area contributed by atoms with E-state index in [0.29, 0.717) is 12.6 Å². The molecule has 0 heterocycles. The van der Waals surface area contributed by atoms with Crippen LogP contribution in [0.2, 0.25) is 0 Å². The van der Waals surface area contributed by atoms with Crippen LogP contribution in [0, 0.1) is 23.7 Å². The first-order valence-electron chi connectivity index (χ1n) is 7.09. The summed E-state index contributed by atoms with van der Waals surface area (Å²) in [7, 11) is 2.13. The molecule has 17 heavy (non-hydrogen) atoms. The van der Waals surface area contributed by atoms with Gasteiger partial charge in [0.25, 0.3) is 0 Å². The monoisotopic (exact) mass is 236 g/mol. The van der Waals surface area contributed by atoms with Gasteiger partial charge in [0.05, 0.1) is 13.1 Å². The average Bonchev–Trinajstić information content (AvgIpc) is 2.27. The SMILES string of the molecule is CN(CC(=O)CN)C1C2CC3CC(C2)CC1C3. The summed E-state index contributed by atoms with van der Waals surface area (Å²) in [5.74, 6) is 3.92. The van der Waals surface area contributed by atoms with E-state index >= 15 is 0 Å². The number of hydrogen-bond acceptors (Lipinski definition) is 3. The van der Waals surface area contributed by atoms with Crippen molar-refractivity contribution in [3.05, 3.63) is 0 Å². The maximum absolute atomic E-state index is 11.5. The first kappa shape index (κ1) is 11.7. The molecule has 0 aliphatic heterocycles. The molecule has 0 radical (unpaired) electrons. The quantitative estimate of drug-likeness (QED) is 0.799. The average molecular weight is 236 g/mol. The third-order valence-corrected chi connectivity index (χ3v) is 5.34. The van der Waals surface area contributed by atoms with Crippen molar-refractivity contribution < 1.29 is 4.79 Å². The van der Waals surface area contributed by atoms with Crippen LogP contribution in [0.3, 0.4) is 0 Å². The Kier molecular flexibility index (Phi) is 2.99. The van der Waals surface area contributed by atoms with Gasteiger partial charge in [0, 0.05) is 6.04 Å². The van der Waals surface area contributed by atoms with Crippen molar-refractivity contribution in [3.63, 3.8) is 0 Å². The van der Waals surface area contributed by atoms with Crippen LogP contribution in [0.15, 0.2) is 0 Å². The Balaban J connectivity index is 1.69. The molecule has 4 bridgehead atoms. The molecule has 0 aromatic heterocycles. The minimum Gasteiger partial charge on any atom is -0.324 e. The second-order valence-corrected chi connectivity index (χ2v) is 6.58. The fourth-order valence-corrected chi connectivity index (χ4v) is 5.06. The van der Waals surface area contributed by atoms with E-state index in [1.807, 2.05) is 0 Å². The zero-order chi connectivity index (χ0) is 12.0. The van der Waals surface area contributed by atoms with E-state index in [4.69, 9.17) is 5.73 Å². The van der Waals surface area contributed by atoms with Crippen LogP contribution < -0.4 is 5.73 Å². The van der Waals surface area contributed by atoms with Crippen LogP contribution in [0.4, 0.5) is 0 Å². The molecular formula is C14H24N2O. The van der Waals surface area contributed by atoms with E-state index < -0.39 is 0 Å². The Hall–Kier alpha value is -0.410. The highest BCUT2D eigenvalue weighted by Crippen LogP contribution is 2.54. The number of nitrogens with two attached hydrogens (primary N) is 1. The molecule has 0 amide bonds. The number of hydrogen-bond donors (Lipinski definition) is 1. The Morgan fingerprint density at radius 1 is 1.12 bits per heavy atom. The van der Waals surface area contributed by atoms with E-state index in [2.05, 4.69) is 11.9 Å². The van der Waals surface area contributed by atoms with Crippen molar-refractivity contribution in [3.8, 4) is 0 Å². The van der Waals surface area contributed by atoms with Gasteiger partial charge in [-0.2, -0.15) is 0 Å². The molecule has 4 saturated carbocycles. The van der Waals surface area contributed by atoms with E-state index in [1.165, 1.54) is 32.1 Å². The van der Waals surface area contributed by atoms with E-state index in [9.17, 15) is 4.79 Å². The lowest BCUT2D eigenvalue weighted by molar-refractivity contribution is -0.121. The Morgan fingerprint density at radius 2 is 1.65 bits per heavy atom. The molecular weight excluding hydrogens is 212 g/mol.